The van der Waals surface area contributed by atoms with Gasteiger partial charge in [-0.05, 0) is 27.2 Å². The zero-order valence-electron chi connectivity index (χ0n) is 19.1. The molecule has 0 aromatic rings. The Kier molecular flexibility index (Phi) is 11.1. The molecule has 1 rings (SSSR count). The number of nitrogens with zero attached hydrogens (tertiary/aromatic N) is 1. The van der Waals surface area contributed by atoms with Crippen LogP contribution in [0.25, 0.3) is 0 Å². The van der Waals surface area contributed by atoms with Gasteiger partial charge in [0.25, 0.3) is 10.1 Å². The van der Waals surface area contributed by atoms with Gasteiger partial charge in [-0.2, -0.15) is 8.42 Å². The summed E-state index contributed by atoms with van der Waals surface area (Å²) in [7, 11) is -2.51. The van der Waals surface area contributed by atoms with E-state index in [4.69, 9.17) is 13.7 Å². The fraction of sp³-hybridized carbons (Fsp3) is 0.905. The number of carbonyl (C=O) groups excluding carboxylic acids is 2. The van der Waals surface area contributed by atoms with E-state index in [1.165, 1.54) is 37.7 Å². The van der Waals surface area contributed by atoms with Crippen molar-refractivity contribution in [1.29, 1.82) is 0 Å². The number of likely N-dealkylation sites (tertiary alicyclic amines) is 1. The molecule has 1 fully saturated rings. The van der Waals surface area contributed by atoms with E-state index in [1.807, 2.05) is 0 Å². The van der Waals surface area contributed by atoms with Crippen LogP contribution < -0.4 is 0 Å². The summed E-state index contributed by atoms with van der Waals surface area (Å²) in [5, 5.41) is 0. The normalized spacial score (nSPS) is 19.7. The molecule has 1 saturated heterocycles. The van der Waals surface area contributed by atoms with E-state index in [0.29, 0.717) is 6.42 Å². The van der Waals surface area contributed by atoms with Crippen LogP contribution in [0.4, 0.5) is 4.79 Å². The lowest BCUT2D eigenvalue weighted by Crippen LogP contribution is -2.44. The fourth-order valence-electron chi connectivity index (χ4n) is 3.42. The summed E-state index contributed by atoms with van der Waals surface area (Å²) >= 11 is 0. The number of hydrogen-bond acceptors (Lipinski definition) is 7. The van der Waals surface area contributed by atoms with Gasteiger partial charge in [-0.1, -0.05) is 51.9 Å². The lowest BCUT2D eigenvalue weighted by molar-refractivity contribution is -0.145. The Balaban J connectivity index is 2.52. The van der Waals surface area contributed by atoms with Crippen LogP contribution in [0.15, 0.2) is 0 Å². The third kappa shape index (κ3) is 10.1. The number of methoxy groups -OCH3 is 1. The molecule has 0 aliphatic carbocycles. The third-order valence-corrected chi connectivity index (χ3v) is 6.25. The molecule has 1 heterocycles. The second-order valence-electron chi connectivity index (χ2n) is 8.86. The Hall–Kier alpha value is -1.35. The van der Waals surface area contributed by atoms with Crippen molar-refractivity contribution in [3.63, 3.8) is 0 Å². The molecule has 9 heteroatoms. The Bertz CT molecular complexity index is 642. The topological polar surface area (TPSA) is 99.2 Å². The van der Waals surface area contributed by atoms with Gasteiger partial charge in [-0.3, -0.25) is 9.08 Å². The van der Waals surface area contributed by atoms with Gasteiger partial charge in [0.1, 0.15) is 11.6 Å². The summed E-state index contributed by atoms with van der Waals surface area (Å²) in [5.74, 6) is -0.680. The predicted molar refractivity (Wildman–Crippen MR) is 115 cm³/mol. The van der Waals surface area contributed by atoms with Gasteiger partial charge in [0, 0.05) is 6.42 Å². The highest BCUT2D eigenvalue weighted by Gasteiger charge is 2.44. The van der Waals surface area contributed by atoms with Crippen LogP contribution >= 0.6 is 0 Å². The average molecular weight is 450 g/mol. The lowest BCUT2D eigenvalue weighted by atomic mass is 10.1. The van der Waals surface area contributed by atoms with Gasteiger partial charge >= 0.3 is 12.1 Å². The van der Waals surface area contributed by atoms with Gasteiger partial charge in [0.05, 0.1) is 25.5 Å². The minimum Gasteiger partial charge on any atom is -0.467 e. The number of esters is 1. The maximum atomic E-state index is 12.4. The third-order valence-electron chi connectivity index (χ3n) is 4.89. The van der Waals surface area contributed by atoms with Gasteiger partial charge in [-0.25, -0.2) is 9.59 Å². The molecule has 1 aliphatic heterocycles. The van der Waals surface area contributed by atoms with E-state index in [9.17, 15) is 18.0 Å². The summed E-state index contributed by atoms with van der Waals surface area (Å²) < 4.78 is 40.1. The number of carbonyl (C=O) groups is 2. The van der Waals surface area contributed by atoms with Crippen LogP contribution in [0, 0.1) is 0 Å². The number of hydrogen-bond donors (Lipinski definition) is 0. The summed E-state index contributed by atoms with van der Waals surface area (Å²) in [5.41, 5.74) is -0.737. The largest absolute Gasteiger partial charge is 0.467 e. The van der Waals surface area contributed by atoms with Crippen LogP contribution in [-0.2, 0) is 28.6 Å². The van der Waals surface area contributed by atoms with Crippen molar-refractivity contribution in [3.8, 4) is 0 Å². The Morgan fingerprint density at radius 1 is 1.00 bits per heavy atom. The summed E-state index contributed by atoms with van der Waals surface area (Å²) in [6.45, 7) is 7.30. The first-order chi connectivity index (χ1) is 14.0. The van der Waals surface area contributed by atoms with Crippen LogP contribution in [0.2, 0.25) is 0 Å². The molecule has 1 aliphatic rings. The van der Waals surface area contributed by atoms with Crippen LogP contribution in [0.1, 0.15) is 85.5 Å². The molecule has 2 atom stereocenters. The zero-order valence-corrected chi connectivity index (χ0v) is 20.0. The quantitative estimate of drug-likeness (QED) is 0.252. The fourth-order valence-corrected chi connectivity index (χ4v) is 4.63. The molecule has 0 unspecified atom stereocenters. The highest BCUT2D eigenvalue weighted by Crippen LogP contribution is 2.25. The van der Waals surface area contributed by atoms with Crippen LogP contribution in [0.5, 0.6) is 0 Å². The summed E-state index contributed by atoms with van der Waals surface area (Å²) in [4.78, 5) is 25.7. The second-order valence-corrected chi connectivity index (χ2v) is 10.6. The van der Waals surface area contributed by atoms with Crippen molar-refractivity contribution in [2.45, 2.75) is 103 Å². The van der Waals surface area contributed by atoms with Crippen molar-refractivity contribution in [1.82, 2.24) is 4.90 Å². The zero-order chi connectivity index (χ0) is 22.8. The molecular weight excluding hydrogens is 410 g/mol. The Morgan fingerprint density at radius 2 is 1.57 bits per heavy atom. The van der Waals surface area contributed by atoms with Gasteiger partial charge in [-0.15, -0.1) is 0 Å². The summed E-state index contributed by atoms with van der Waals surface area (Å²) in [6, 6.07) is -0.923. The minimum atomic E-state index is -3.74. The molecule has 0 radical (unpaired) electrons. The van der Waals surface area contributed by atoms with Crippen molar-refractivity contribution in [2.24, 2.45) is 0 Å². The Morgan fingerprint density at radius 3 is 2.10 bits per heavy atom. The van der Waals surface area contributed by atoms with Gasteiger partial charge in [0.15, 0.2) is 0 Å². The number of rotatable bonds is 12. The molecule has 30 heavy (non-hydrogen) atoms. The number of ether oxygens (including phenoxy) is 2. The first kappa shape index (κ1) is 26.7. The number of amides is 1. The highest BCUT2D eigenvalue weighted by atomic mass is 32.2. The van der Waals surface area contributed by atoms with E-state index >= 15 is 0 Å². The van der Waals surface area contributed by atoms with E-state index in [0.717, 1.165) is 19.3 Å². The highest BCUT2D eigenvalue weighted by molar-refractivity contribution is 7.86. The molecule has 8 nitrogen and oxygen atoms in total. The molecule has 0 saturated carbocycles. The standard InChI is InChI=1S/C21H39NO7S/c1-6-7-8-9-10-11-12-13-14-30(25,26)29-17-15-18(19(23)27-5)22(16-17)20(24)28-21(2,3)4/h17-18H,6-16H2,1-5H3/t17-,18+/m0/s1. The van der Waals surface area contributed by atoms with Crippen LogP contribution in [-0.4, -0.2) is 62.5 Å². The molecule has 0 bridgehead atoms. The lowest BCUT2D eigenvalue weighted by Gasteiger charge is -2.27. The van der Waals surface area contributed by atoms with Crippen LogP contribution in [0.3, 0.4) is 0 Å². The molecule has 176 valence electrons. The minimum absolute atomic E-state index is 0.0364. The number of unbranched alkanes of at least 4 members (excludes halogenated alkanes) is 7. The molecule has 0 spiro atoms. The van der Waals surface area contributed by atoms with E-state index in [-0.39, 0.29) is 18.7 Å². The SMILES string of the molecule is CCCCCCCCCCS(=O)(=O)O[C@H]1C[C@H](C(=O)OC)N(C(=O)OC(C)(C)C)C1. The van der Waals surface area contributed by atoms with Gasteiger partial charge < -0.3 is 9.47 Å². The maximum absolute atomic E-state index is 12.4. The first-order valence-electron chi connectivity index (χ1n) is 11.0. The molecular formula is C21H39NO7S. The molecule has 1 amide bonds. The first-order valence-corrected chi connectivity index (χ1v) is 12.5. The Labute approximate surface area is 181 Å². The predicted octanol–water partition coefficient (Wildman–Crippen LogP) is 4.02. The monoisotopic (exact) mass is 449 g/mol. The van der Waals surface area contributed by atoms with Crippen molar-refractivity contribution in [3.05, 3.63) is 0 Å². The van der Waals surface area contributed by atoms with Crippen molar-refractivity contribution < 1.29 is 31.7 Å². The second kappa shape index (κ2) is 12.5. The summed E-state index contributed by atoms with van der Waals surface area (Å²) in [6.07, 6.45) is 6.97. The van der Waals surface area contributed by atoms with Gasteiger partial charge in [0.2, 0.25) is 0 Å². The van der Waals surface area contributed by atoms with Crippen molar-refractivity contribution >= 4 is 22.2 Å². The van der Waals surface area contributed by atoms with Crippen molar-refractivity contribution in [2.75, 3.05) is 19.4 Å². The average Bonchev–Trinajstić information content (AvgIpc) is 3.05. The molecule has 0 N–H and O–H groups in total. The molecule has 0 aromatic heterocycles. The maximum Gasteiger partial charge on any atom is 0.411 e. The molecule has 0 aromatic carbocycles. The van der Waals surface area contributed by atoms with E-state index < -0.39 is 39.9 Å². The van der Waals surface area contributed by atoms with E-state index in [1.54, 1.807) is 20.8 Å². The smallest absolute Gasteiger partial charge is 0.411 e. The van der Waals surface area contributed by atoms with E-state index in [2.05, 4.69) is 6.92 Å².